The van der Waals surface area contributed by atoms with E-state index in [4.69, 9.17) is 13.8 Å². The quantitative estimate of drug-likeness (QED) is 0.503. The Balaban J connectivity index is 1.04. The van der Waals surface area contributed by atoms with Gasteiger partial charge in [-0.15, -0.1) is 0 Å². The summed E-state index contributed by atoms with van der Waals surface area (Å²) in [7, 11) is 1.70. The first-order chi connectivity index (χ1) is 16.2. The van der Waals surface area contributed by atoms with Crippen molar-refractivity contribution in [3.8, 4) is 11.5 Å². The minimum atomic E-state index is 0.0861. The number of aryl methyl sites for hydroxylation is 1. The number of carbonyl (C=O) groups excluding carboxylic acids is 1. The van der Waals surface area contributed by atoms with Crippen LogP contribution in [0.5, 0.6) is 11.5 Å². The van der Waals surface area contributed by atoms with Crippen LogP contribution in [0.15, 0.2) is 36.4 Å². The second-order valence-corrected chi connectivity index (χ2v) is 9.42. The lowest BCUT2D eigenvalue weighted by Gasteiger charge is -2.35. The molecule has 0 aliphatic carbocycles. The molecule has 8 heteroatoms. The van der Waals surface area contributed by atoms with Gasteiger partial charge in [0.25, 0.3) is 0 Å². The number of carbonyl (C=O) groups is 1. The second kappa shape index (κ2) is 9.97. The molecule has 0 spiro atoms. The number of methoxy groups -OCH3 is 1. The van der Waals surface area contributed by atoms with Gasteiger partial charge in [-0.05, 0) is 67.2 Å². The zero-order chi connectivity index (χ0) is 22.6. The van der Waals surface area contributed by atoms with E-state index in [1.54, 1.807) is 18.6 Å². The second-order valence-electron chi connectivity index (χ2n) is 8.62. The summed E-state index contributed by atoms with van der Waals surface area (Å²) in [4.78, 5) is 16.5. The number of ether oxygens (including phenoxy) is 2. The van der Waals surface area contributed by atoms with Crippen LogP contribution in [0.2, 0.25) is 0 Å². The van der Waals surface area contributed by atoms with Crippen molar-refractivity contribution in [1.82, 2.24) is 9.27 Å². The molecule has 1 N–H and O–H groups in total. The van der Waals surface area contributed by atoms with Crippen LogP contribution in [-0.4, -0.2) is 61.6 Å². The van der Waals surface area contributed by atoms with E-state index in [2.05, 4.69) is 33.3 Å². The molecule has 1 fully saturated rings. The van der Waals surface area contributed by atoms with Crippen molar-refractivity contribution in [2.75, 3.05) is 56.7 Å². The van der Waals surface area contributed by atoms with E-state index in [1.807, 2.05) is 18.2 Å². The lowest BCUT2D eigenvalue weighted by Crippen LogP contribution is -2.46. The molecule has 3 aromatic rings. The number of nitrogens with one attached hydrogen (secondary N) is 1. The van der Waals surface area contributed by atoms with Crippen molar-refractivity contribution in [2.45, 2.75) is 25.7 Å². The van der Waals surface area contributed by atoms with E-state index in [1.165, 1.54) is 15.6 Å². The summed E-state index contributed by atoms with van der Waals surface area (Å²) >= 11 is 1.54. The topological polar surface area (TPSA) is 66.9 Å². The molecule has 1 amide bonds. The fraction of sp³-hybridized carbons (Fsp3) is 0.440. The van der Waals surface area contributed by atoms with Crippen molar-refractivity contribution in [2.24, 2.45) is 0 Å². The number of rotatable bonds is 8. The largest absolute Gasteiger partial charge is 0.497 e. The van der Waals surface area contributed by atoms with E-state index in [0.717, 1.165) is 75.0 Å². The van der Waals surface area contributed by atoms with Crippen LogP contribution in [0.25, 0.3) is 10.1 Å². The third-order valence-corrected chi connectivity index (χ3v) is 7.24. The molecule has 3 heterocycles. The summed E-state index contributed by atoms with van der Waals surface area (Å²) in [6.45, 7) is 5.90. The Labute approximate surface area is 198 Å². The molecule has 0 saturated carbocycles. The van der Waals surface area contributed by atoms with Gasteiger partial charge in [0, 0.05) is 49.7 Å². The Kier molecular flexibility index (Phi) is 6.64. The average molecular weight is 467 g/mol. The molecular weight excluding hydrogens is 436 g/mol. The Morgan fingerprint density at radius 3 is 2.73 bits per heavy atom. The van der Waals surface area contributed by atoms with Gasteiger partial charge in [-0.3, -0.25) is 9.69 Å². The third-order valence-electron chi connectivity index (χ3n) is 6.45. The molecule has 174 valence electrons. The number of hydrogen-bond donors (Lipinski definition) is 1. The summed E-state index contributed by atoms with van der Waals surface area (Å²) in [6, 6.07) is 12.2. The maximum Gasteiger partial charge on any atom is 0.224 e. The first-order valence-corrected chi connectivity index (χ1v) is 12.4. The van der Waals surface area contributed by atoms with E-state index in [0.29, 0.717) is 13.0 Å². The molecule has 0 bridgehead atoms. The number of benzene rings is 2. The summed E-state index contributed by atoms with van der Waals surface area (Å²) in [5, 5.41) is 4.15. The smallest absolute Gasteiger partial charge is 0.224 e. The van der Waals surface area contributed by atoms with E-state index >= 15 is 0 Å². The lowest BCUT2D eigenvalue weighted by molar-refractivity contribution is -0.116. The zero-order valence-electron chi connectivity index (χ0n) is 19.0. The monoisotopic (exact) mass is 466 g/mol. The molecule has 0 radical (unpaired) electrons. The Morgan fingerprint density at radius 1 is 1.03 bits per heavy atom. The van der Waals surface area contributed by atoms with Crippen LogP contribution in [0.1, 0.15) is 24.8 Å². The fourth-order valence-corrected chi connectivity index (χ4v) is 5.34. The van der Waals surface area contributed by atoms with Crippen LogP contribution < -0.4 is 19.7 Å². The van der Waals surface area contributed by atoms with Crippen molar-refractivity contribution >= 4 is 39.0 Å². The summed E-state index contributed by atoms with van der Waals surface area (Å²) in [5.74, 6) is 2.90. The fourth-order valence-electron chi connectivity index (χ4n) is 4.51. The molecule has 0 unspecified atom stereocenters. The highest BCUT2D eigenvalue weighted by atomic mass is 32.1. The number of aromatic nitrogens is 1. The molecule has 0 atom stereocenters. The minimum absolute atomic E-state index is 0.0861. The minimum Gasteiger partial charge on any atom is -0.497 e. The number of anilines is 2. The van der Waals surface area contributed by atoms with Gasteiger partial charge in [-0.25, -0.2) is 0 Å². The van der Waals surface area contributed by atoms with Gasteiger partial charge < -0.3 is 19.7 Å². The van der Waals surface area contributed by atoms with Crippen LogP contribution in [0.4, 0.5) is 11.5 Å². The van der Waals surface area contributed by atoms with Crippen molar-refractivity contribution in [1.29, 1.82) is 0 Å². The highest BCUT2D eigenvalue weighted by Crippen LogP contribution is 2.33. The predicted molar refractivity (Wildman–Crippen MR) is 133 cm³/mol. The molecule has 5 rings (SSSR count). The van der Waals surface area contributed by atoms with Crippen molar-refractivity contribution in [3.63, 3.8) is 0 Å². The highest BCUT2D eigenvalue weighted by molar-refractivity contribution is 7.13. The molecule has 2 aliphatic rings. The maximum absolute atomic E-state index is 11.6. The molecular formula is C25H30N4O3S. The van der Waals surface area contributed by atoms with Crippen LogP contribution in [-0.2, 0) is 11.2 Å². The molecule has 7 nitrogen and oxygen atoms in total. The summed E-state index contributed by atoms with van der Waals surface area (Å²) in [5.41, 5.74) is 2.08. The zero-order valence-corrected chi connectivity index (χ0v) is 19.8. The van der Waals surface area contributed by atoms with Gasteiger partial charge in [0.2, 0.25) is 5.91 Å². The number of hydrogen-bond acceptors (Lipinski definition) is 7. The number of unbranched alkanes of at least 4 members (excludes halogenated alkanes) is 1. The lowest BCUT2D eigenvalue weighted by atomic mass is 10.0. The molecule has 2 aromatic carbocycles. The van der Waals surface area contributed by atoms with Crippen LogP contribution in [0.3, 0.4) is 0 Å². The number of nitrogens with zero attached hydrogens (tertiary/aromatic N) is 3. The Bertz CT molecular complexity index is 1120. The number of piperazine rings is 1. The number of amides is 1. The maximum atomic E-state index is 11.6. The Morgan fingerprint density at radius 2 is 1.88 bits per heavy atom. The summed E-state index contributed by atoms with van der Waals surface area (Å²) in [6.07, 6.45) is 3.50. The number of fused-ring (bicyclic) bond motifs is 2. The first kappa shape index (κ1) is 22.0. The molecule has 1 saturated heterocycles. The van der Waals surface area contributed by atoms with Gasteiger partial charge in [0.05, 0.1) is 18.4 Å². The van der Waals surface area contributed by atoms with Gasteiger partial charge in [-0.2, -0.15) is 4.37 Å². The highest BCUT2D eigenvalue weighted by Gasteiger charge is 2.21. The van der Waals surface area contributed by atoms with Crippen LogP contribution >= 0.6 is 11.5 Å². The standard InChI is InChI=1S/C25H30N4O3S/c1-31-19-7-8-21-23(17-19)33-27-25(21)29-13-11-28(12-14-29)10-2-3-15-32-20-6-4-18-5-9-24(30)26-22(18)16-20/h4,6-8,16-17H,2-3,5,9-15H2,1H3,(H,26,30). The van der Waals surface area contributed by atoms with Gasteiger partial charge in [0.15, 0.2) is 0 Å². The first-order valence-electron chi connectivity index (χ1n) is 11.7. The van der Waals surface area contributed by atoms with Crippen molar-refractivity contribution in [3.05, 3.63) is 42.0 Å². The summed E-state index contributed by atoms with van der Waals surface area (Å²) < 4.78 is 17.2. The van der Waals surface area contributed by atoms with Gasteiger partial charge >= 0.3 is 0 Å². The van der Waals surface area contributed by atoms with E-state index in [-0.39, 0.29) is 5.91 Å². The van der Waals surface area contributed by atoms with E-state index < -0.39 is 0 Å². The Hall–Kier alpha value is -2.84. The molecule has 33 heavy (non-hydrogen) atoms. The van der Waals surface area contributed by atoms with Crippen molar-refractivity contribution < 1.29 is 14.3 Å². The van der Waals surface area contributed by atoms with Gasteiger partial charge in [-0.1, -0.05) is 6.07 Å². The van der Waals surface area contributed by atoms with E-state index in [9.17, 15) is 4.79 Å². The molecule has 2 aliphatic heterocycles. The van der Waals surface area contributed by atoms with Gasteiger partial charge in [0.1, 0.15) is 17.3 Å². The average Bonchev–Trinajstić information content (AvgIpc) is 3.27. The third kappa shape index (κ3) is 5.07. The SMILES string of the molecule is COc1ccc2c(N3CCN(CCCCOc4ccc5c(c4)NC(=O)CC5)CC3)nsc2c1. The van der Waals surface area contributed by atoms with Crippen LogP contribution in [0, 0.1) is 0 Å². The molecule has 1 aromatic heterocycles. The predicted octanol–water partition coefficient (Wildman–Crippen LogP) is 4.17. The normalized spacial score (nSPS) is 16.5.